The highest BCUT2D eigenvalue weighted by Gasteiger charge is 2.38. The Hall–Kier alpha value is -1.30. The van der Waals surface area contributed by atoms with E-state index in [1.54, 1.807) is 0 Å². The van der Waals surface area contributed by atoms with Gasteiger partial charge >= 0.3 is 6.03 Å². The highest BCUT2D eigenvalue weighted by Crippen LogP contribution is 2.32. The third kappa shape index (κ3) is 4.41. The Labute approximate surface area is 146 Å². The minimum Gasteiger partial charge on any atom is -0.342 e. The van der Waals surface area contributed by atoms with E-state index in [2.05, 4.69) is 24.1 Å². The molecular weight excluding hydrogens is 304 g/mol. The minimum absolute atomic E-state index is 0.00351. The molecule has 0 radical (unpaired) electrons. The second kappa shape index (κ2) is 9.25. The van der Waals surface area contributed by atoms with Gasteiger partial charge in [-0.3, -0.25) is 9.69 Å². The van der Waals surface area contributed by atoms with Gasteiger partial charge in [0.2, 0.25) is 5.91 Å². The molecule has 0 aromatic heterocycles. The number of nitrogens with one attached hydrogen (secondary N) is 1. The summed E-state index contributed by atoms with van der Waals surface area (Å²) in [6, 6.07) is 0.0217. The zero-order chi connectivity index (χ0) is 17.5. The van der Waals surface area contributed by atoms with Crippen LogP contribution in [0.1, 0.15) is 46.5 Å². The molecule has 138 valence electrons. The molecule has 6 heteroatoms. The number of amides is 3. The lowest BCUT2D eigenvalue weighted by atomic mass is 9.94. The third-order valence-electron chi connectivity index (χ3n) is 5.50. The normalized spacial score (nSPS) is 20.9. The van der Waals surface area contributed by atoms with E-state index in [1.807, 2.05) is 16.7 Å². The Kier molecular flexibility index (Phi) is 7.34. The van der Waals surface area contributed by atoms with Crippen LogP contribution in [0.3, 0.4) is 0 Å². The van der Waals surface area contributed by atoms with Crippen molar-refractivity contribution in [3.63, 3.8) is 0 Å². The Balaban J connectivity index is 2.03. The molecule has 0 unspecified atom stereocenters. The highest BCUT2D eigenvalue weighted by molar-refractivity contribution is 5.82. The van der Waals surface area contributed by atoms with Crippen molar-refractivity contribution in [3.8, 4) is 0 Å². The summed E-state index contributed by atoms with van der Waals surface area (Å²) in [7, 11) is 0. The van der Waals surface area contributed by atoms with Crippen molar-refractivity contribution in [1.29, 1.82) is 0 Å². The molecule has 0 aromatic carbocycles. The van der Waals surface area contributed by atoms with Gasteiger partial charge in [-0.15, -0.1) is 0 Å². The molecule has 3 amide bonds. The first-order chi connectivity index (χ1) is 11.6. The fourth-order valence-electron chi connectivity index (χ4n) is 4.12. The smallest absolute Gasteiger partial charge is 0.317 e. The van der Waals surface area contributed by atoms with Gasteiger partial charge in [-0.05, 0) is 39.5 Å². The van der Waals surface area contributed by atoms with Gasteiger partial charge in [0.1, 0.15) is 0 Å². The second-order valence-electron chi connectivity index (χ2n) is 6.86. The van der Waals surface area contributed by atoms with E-state index in [0.717, 1.165) is 39.0 Å². The molecular formula is C18H34N4O2. The lowest BCUT2D eigenvalue weighted by molar-refractivity contribution is -0.139. The number of urea groups is 1. The number of hydrogen-bond acceptors (Lipinski definition) is 3. The molecule has 2 fully saturated rings. The summed E-state index contributed by atoms with van der Waals surface area (Å²) in [4.78, 5) is 31.3. The summed E-state index contributed by atoms with van der Waals surface area (Å²) < 4.78 is 0. The van der Waals surface area contributed by atoms with Crippen LogP contribution in [0.5, 0.6) is 0 Å². The molecule has 0 spiro atoms. The van der Waals surface area contributed by atoms with Crippen molar-refractivity contribution in [2.45, 2.75) is 52.5 Å². The topological polar surface area (TPSA) is 55.9 Å². The highest BCUT2D eigenvalue weighted by atomic mass is 16.2. The van der Waals surface area contributed by atoms with Crippen LogP contribution in [0.2, 0.25) is 0 Å². The molecule has 1 aliphatic heterocycles. The quantitative estimate of drug-likeness (QED) is 0.803. The number of likely N-dealkylation sites (N-methyl/N-ethyl adjacent to an activating group) is 1. The Bertz CT molecular complexity index is 411. The SMILES string of the molecule is CCNC(=O)N1CCN([C@@H](C(=O)N(CC)CC)C2CCCC2)CC1. The van der Waals surface area contributed by atoms with Crippen molar-refractivity contribution in [3.05, 3.63) is 0 Å². The maximum Gasteiger partial charge on any atom is 0.317 e. The molecule has 0 bridgehead atoms. The first-order valence-electron chi connectivity index (χ1n) is 9.67. The van der Waals surface area contributed by atoms with Crippen LogP contribution >= 0.6 is 0 Å². The van der Waals surface area contributed by atoms with Gasteiger partial charge in [0.05, 0.1) is 6.04 Å². The largest absolute Gasteiger partial charge is 0.342 e. The van der Waals surface area contributed by atoms with E-state index in [0.29, 0.717) is 31.5 Å². The van der Waals surface area contributed by atoms with Crippen LogP contribution in [-0.2, 0) is 4.79 Å². The van der Waals surface area contributed by atoms with Crippen LogP contribution in [0.4, 0.5) is 4.79 Å². The number of rotatable bonds is 6. The second-order valence-corrected chi connectivity index (χ2v) is 6.86. The fourth-order valence-corrected chi connectivity index (χ4v) is 4.12. The van der Waals surface area contributed by atoms with E-state index < -0.39 is 0 Å². The van der Waals surface area contributed by atoms with E-state index in [4.69, 9.17) is 0 Å². The van der Waals surface area contributed by atoms with Crippen LogP contribution in [-0.4, -0.2) is 78.5 Å². The number of hydrogen-bond donors (Lipinski definition) is 1. The van der Waals surface area contributed by atoms with Crippen molar-refractivity contribution < 1.29 is 9.59 Å². The average Bonchev–Trinajstić information content (AvgIpc) is 3.11. The summed E-state index contributed by atoms with van der Waals surface area (Å²) in [6.07, 6.45) is 4.81. The van der Waals surface area contributed by atoms with Crippen LogP contribution in [0.25, 0.3) is 0 Å². The van der Waals surface area contributed by atoms with Crippen molar-refractivity contribution in [2.75, 3.05) is 45.8 Å². The molecule has 1 saturated carbocycles. The van der Waals surface area contributed by atoms with E-state index in [-0.39, 0.29) is 12.1 Å². The lowest BCUT2D eigenvalue weighted by Crippen LogP contribution is -2.59. The van der Waals surface area contributed by atoms with E-state index in [9.17, 15) is 9.59 Å². The number of nitrogens with zero attached hydrogens (tertiary/aromatic N) is 3. The fraction of sp³-hybridized carbons (Fsp3) is 0.889. The molecule has 1 N–H and O–H groups in total. The summed E-state index contributed by atoms with van der Waals surface area (Å²) in [5, 5.41) is 2.87. The molecule has 1 aliphatic carbocycles. The molecule has 1 heterocycles. The number of carbonyl (C=O) groups excluding carboxylic acids is 2. The van der Waals surface area contributed by atoms with Gasteiger partial charge in [-0.25, -0.2) is 4.79 Å². The Morgan fingerprint density at radius 1 is 1.04 bits per heavy atom. The van der Waals surface area contributed by atoms with E-state index >= 15 is 0 Å². The number of carbonyl (C=O) groups is 2. The van der Waals surface area contributed by atoms with Crippen LogP contribution in [0, 0.1) is 5.92 Å². The predicted octanol–water partition coefficient (Wildman–Crippen LogP) is 1.76. The average molecular weight is 338 g/mol. The predicted molar refractivity (Wildman–Crippen MR) is 95.9 cm³/mol. The van der Waals surface area contributed by atoms with Gasteiger partial charge in [-0.2, -0.15) is 0 Å². The van der Waals surface area contributed by atoms with Crippen LogP contribution in [0.15, 0.2) is 0 Å². The molecule has 2 aliphatic rings. The zero-order valence-corrected chi connectivity index (χ0v) is 15.6. The molecule has 6 nitrogen and oxygen atoms in total. The summed E-state index contributed by atoms with van der Waals surface area (Å²) in [6.45, 7) is 11.3. The summed E-state index contributed by atoms with van der Waals surface area (Å²) in [5.74, 6) is 0.771. The van der Waals surface area contributed by atoms with Gasteiger partial charge in [0.15, 0.2) is 0 Å². The molecule has 0 aromatic rings. The first kappa shape index (κ1) is 19.0. The monoisotopic (exact) mass is 338 g/mol. The summed E-state index contributed by atoms with van der Waals surface area (Å²) >= 11 is 0. The maximum absolute atomic E-state index is 13.1. The summed E-state index contributed by atoms with van der Waals surface area (Å²) in [5.41, 5.74) is 0. The lowest BCUT2D eigenvalue weighted by Gasteiger charge is -2.42. The molecule has 2 rings (SSSR count). The molecule has 1 atom stereocenters. The molecule has 24 heavy (non-hydrogen) atoms. The first-order valence-corrected chi connectivity index (χ1v) is 9.67. The van der Waals surface area contributed by atoms with Gasteiger partial charge in [-0.1, -0.05) is 12.8 Å². The minimum atomic E-state index is 0.00351. The van der Waals surface area contributed by atoms with E-state index in [1.165, 1.54) is 12.8 Å². The van der Waals surface area contributed by atoms with Crippen molar-refractivity contribution in [2.24, 2.45) is 5.92 Å². The van der Waals surface area contributed by atoms with Gasteiger partial charge < -0.3 is 15.1 Å². The number of piperazine rings is 1. The van der Waals surface area contributed by atoms with Gasteiger partial charge in [0, 0.05) is 45.8 Å². The Morgan fingerprint density at radius 3 is 2.12 bits per heavy atom. The standard InChI is InChI=1S/C18H34N4O2/c1-4-19-18(24)22-13-11-21(12-14-22)16(15-9-7-8-10-15)17(23)20(5-2)6-3/h15-16H,4-14H2,1-3H3,(H,19,24)/t16-/m1/s1. The molecule has 1 saturated heterocycles. The zero-order valence-electron chi connectivity index (χ0n) is 15.6. The van der Waals surface area contributed by atoms with Crippen molar-refractivity contribution in [1.82, 2.24) is 20.0 Å². The third-order valence-corrected chi connectivity index (χ3v) is 5.50. The van der Waals surface area contributed by atoms with Gasteiger partial charge in [0.25, 0.3) is 0 Å². The van der Waals surface area contributed by atoms with Crippen LogP contribution < -0.4 is 5.32 Å². The maximum atomic E-state index is 13.1. The van der Waals surface area contributed by atoms with Crippen molar-refractivity contribution >= 4 is 11.9 Å². The Morgan fingerprint density at radius 2 is 1.62 bits per heavy atom.